The number of piperazine rings is 1. The Bertz CT molecular complexity index is 267. The molecule has 1 rings (SSSR count). The Morgan fingerprint density at radius 3 is 2.20 bits per heavy atom. The van der Waals surface area contributed by atoms with Crippen LogP contribution >= 0.6 is 0 Å². The SMILES string of the molecule is C=CN=CN1CCN(C(C)=C(C)C)CC1. The normalized spacial score (nSPS) is 17.0. The van der Waals surface area contributed by atoms with Crippen LogP contribution in [0, 0.1) is 0 Å². The average Bonchev–Trinajstić information content (AvgIpc) is 2.26. The van der Waals surface area contributed by atoms with E-state index in [1.54, 1.807) is 6.20 Å². The first-order valence-electron chi connectivity index (χ1n) is 5.42. The van der Waals surface area contributed by atoms with Crippen LogP contribution in [0.15, 0.2) is 29.0 Å². The van der Waals surface area contributed by atoms with Crippen LogP contribution in [0.1, 0.15) is 20.8 Å². The third-order valence-corrected chi connectivity index (χ3v) is 2.85. The van der Waals surface area contributed by atoms with E-state index in [4.69, 9.17) is 0 Å². The van der Waals surface area contributed by atoms with Gasteiger partial charge in [0.2, 0.25) is 0 Å². The molecule has 0 aromatic carbocycles. The van der Waals surface area contributed by atoms with Crippen molar-refractivity contribution in [2.45, 2.75) is 20.8 Å². The highest BCUT2D eigenvalue weighted by Gasteiger charge is 2.14. The first-order chi connectivity index (χ1) is 7.15. The summed E-state index contributed by atoms with van der Waals surface area (Å²) >= 11 is 0. The van der Waals surface area contributed by atoms with Crippen LogP contribution in [0.5, 0.6) is 0 Å². The minimum absolute atomic E-state index is 1.04. The maximum atomic E-state index is 4.03. The van der Waals surface area contributed by atoms with Crippen molar-refractivity contribution in [3.05, 3.63) is 24.0 Å². The van der Waals surface area contributed by atoms with Crippen LogP contribution in [0.3, 0.4) is 0 Å². The minimum Gasteiger partial charge on any atom is -0.372 e. The van der Waals surface area contributed by atoms with Gasteiger partial charge < -0.3 is 9.80 Å². The Kier molecular flexibility index (Phi) is 4.40. The van der Waals surface area contributed by atoms with Gasteiger partial charge in [-0.1, -0.05) is 12.2 Å². The summed E-state index contributed by atoms with van der Waals surface area (Å²) in [5, 5.41) is 0. The fourth-order valence-corrected chi connectivity index (χ4v) is 1.63. The molecule has 0 aliphatic carbocycles. The molecule has 15 heavy (non-hydrogen) atoms. The average molecular weight is 207 g/mol. The molecular weight excluding hydrogens is 186 g/mol. The molecule has 1 heterocycles. The predicted octanol–water partition coefficient (Wildman–Crippen LogP) is 2.09. The molecule has 0 unspecified atom stereocenters. The van der Waals surface area contributed by atoms with Gasteiger partial charge in [-0.15, -0.1) is 0 Å². The van der Waals surface area contributed by atoms with Gasteiger partial charge in [0, 0.05) is 38.1 Å². The van der Waals surface area contributed by atoms with E-state index in [1.165, 1.54) is 11.3 Å². The summed E-state index contributed by atoms with van der Waals surface area (Å²) in [6, 6.07) is 0. The number of allylic oxidation sites excluding steroid dienone is 2. The molecule has 84 valence electrons. The molecule has 0 spiro atoms. The van der Waals surface area contributed by atoms with Crippen molar-refractivity contribution in [3.63, 3.8) is 0 Å². The van der Waals surface area contributed by atoms with Crippen molar-refractivity contribution in [1.82, 2.24) is 9.80 Å². The highest BCUT2D eigenvalue weighted by Crippen LogP contribution is 2.11. The molecule has 0 aromatic rings. The third kappa shape index (κ3) is 3.42. The zero-order valence-electron chi connectivity index (χ0n) is 10.0. The molecule has 0 saturated carbocycles. The lowest BCUT2D eigenvalue weighted by Gasteiger charge is -2.36. The van der Waals surface area contributed by atoms with E-state index in [9.17, 15) is 0 Å². The fraction of sp³-hybridized carbons (Fsp3) is 0.583. The second kappa shape index (κ2) is 5.59. The van der Waals surface area contributed by atoms with Gasteiger partial charge in [0.05, 0.1) is 6.34 Å². The lowest BCUT2D eigenvalue weighted by atomic mass is 10.2. The van der Waals surface area contributed by atoms with Crippen LogP contribution in [0.4, 0.5) is 0 Å². The highest BCUT2D eigenvalue weighted by molar-refractivity contribution is 5.55. The third-order valence-electron chi connectivity index (χ3n) is 2.85. The molecule has 0 amide bonds. The predicted molar refractivity (Wildman–Crippen MR) is 65.9 cm³/mol. The van der Waals surface area contributed by atoms with Gasteiger partial charge in [0.15, 0.2) is 0 Å². The second-order valence-corrected chi connectivity index (χ2v) is 4.06. The second-order valence-electron chi connectivity index (χ2n) is 4.06. The largest absolute Gasteiger partial charge is 0.372 e. The summed E-state index contributed by atoms with van der Waals surface area (Å²) in [5.41, 5.74) is 2.82. The zero-order valence-corrected chi connectivity index (χ0v) is 10.0. The number of hydrogen-bond acceptors (Lipinski definition) is 2. The lowest BCUT2D eigenvalue weighted by Crippen LogP contribution is -2.44. The smallest absolute Gasteiger partial charge is 0.0905 e. The van der Waals surface area contributed by atoms with Crippen LogP contribution in [-0.2, 0) is 0 Å². The van der Waals surface area contributed by atoms with Crippen molar-refractivity contribution in [2.75, 3.05) is 26.2 Å². The number of aliphatic imine (C=N–C) groups is 1. The summed E-state index contributed by atoms with van der Waals surface area (Å²) in [5.74, 6) is 0. The summed E-state index contributed by atoms with van der Waals surface area (Å²) in [6.07, 6.45) is 3.45. The molecule has 0 radical (unpaired) electrons. The first-order valence-corrected chi connectivity index (χ1v) is 5.42. The van der Waals surface area contributed by atoms with Gasteiger partial charge in [0.1, 0.15) is 0 Å². The van der Waals surface area contributed by atoms with Crippen LogP contribution in [0.25, 0.3) is 0 Å². The summed E-state index contributed by atoms with van der Waals surface area (Å²) in [4.78, 5) is 8.71. The van der Waals surface area contributed by atoms with Gasteiger partial charge in [-0.3, -0.25) is 0 Å². The van der Waals surface area contributed by atoms with E-state index in [0.717, 1.165) is 26.2 Å². The van der Waals surface area contributed by atoms with E-state index in [1.807, 2.05) is 6.34 Å². The first kappa shape index (κ1) is 11.8. The van der Waals surface area contributed by atoms with Crippen LogP contribution < -0.4 is 0 Å². The molecular formula is C12H21N3. The van der Waals surface area contributed by atoms with E-state index in [0.29, 0.717) is 0 Å². The molecule has 1 aliphatic rings. The van der Waals surface area contributed by atoms with Gasteiger partial charge in [-0.2, -0.15) is 0 Å². The van der Waals surface area contributed by atoms with E-state index in [-0.39, 0.29) is 0 Å². The molecule has 0 atom stereocenters. The Morgan fingerprint density at radius 2 is 1.73 bits per heavy atom. The molecule has 0 bridgehead atoms. The summed E-state index contributed by atoms with van der Waals surface area (Å²) < 4.78 is 0. The van der Waals surface area contributed by atoms with Crippen LogP contribution in [-0.4, -0.2) is 42.3 Å². The highest BCUT2D eigenvalue weighted by atomic mass is 15.3. The minimum atomic E-state index is 1.04. The van der Waals surface area contributed by atoms with Crippen molar-refractivity contribution in [2.24, 2.45) is 4.99 Å². The molecule has 1 aliphatic heterocycles. The Morgan fingerprint density at radius 1 is 1.13 bits per heavy atom. The quantitative estimate of drug-likeness (QED) is 0.521. The van der Waals surface area contributed by atoms with Crippen molar-refractivity contribution in [1.29, 1.82) is 0 Å². The fourth-order valence-electron chi connectivity index (χ4n) is 1.63. The molecule has 1 saturated heterocycles. The van der Waals surface area contributed by atoms with Crippen molar-refractivity contribution >= 4 is 6.34 Å². The molecule has 3 nitrogen and oxygen atoms in total. The van der Waals surface area contributed by atoms with Crippen molar-refractivity contribution in [3.8, 4) is 0 Å². The molecule has 3 heteroatoms. The Balaban J connectivity index is 2.46. The topological polar surface area (TPSA) is 18.8 Å². The summed E-state index contributed by atoms with van der Waals surface area (Å²) in [6.45, 7) is 14.4. The maximum Gasteiger partial charge on any atom is 0.0905 e. The van der Waals surface area contributed by atoms with E-state index in [2.05, 4.69) is 42.1 Å². The summed E-state index contributed by atoms with van der Waals surface area (Å²) in [7, 11) is 0. The number of hydrogen-bond donors (Lipinski definition) is 0. The Labute approximate surface area is 92.8 Å². The zero-order chi connectivity index (χ0) is 11.3. The van der Waals surface area contributed by atoms with Gasteiger partial charge >= 0.3 is 0 Å². The van der Waals surface area contributed by atoms with Gasteiger partial charge in [-0.25, -0.2) is 4.99 Å². The van der Waals surface area contributed by atoms with Gasteiger partial charge in [-0.05, 0) is 20.8 Å². The standard InChI is InChI=1S/C12H21N3/c1-5-13-10-14-6-8-15(9-7-14)12(4)11(2)3/h5,10H,1,6-9H2,2-4H3. The maximum absolute atomic E-state index is 4.03. The molecule has 1 fully saturated rings. The van der Waals surface area contributed by atoms with Crippen LogP contribution in [0.2, 0.25) is 0 Å². The lowest BCUT2D eigenvalue weighted by molar-refractivity contribution is 0.225. The molecule has 0 N–H and O–H groups in total. The van der Waals surface area contributed by atoms with E-state index < -0.39 is 0 Å². The van der Waals surface area contributed by atoms with E-state index >= 15 is 0 Å². The van der Waals surface area contributed by atoms with Crippen molar-refractivity contribution < 1.29 is 0 Å². The number of rotatable bonds is 3. The Hall–Kier alpha value is -1.25. The van der Waals surface area contributed by atoms with Gasteiger partial charge in [0.25, 0.3) is 0 Å². The number of nitrogens with zero attached hydrogens (tertiary/aromatic N) is 3. The monoisotopic (exact) mass is 207 g/mol. The molecule has 0 aromatic heterocycles.